The van der Waals surface area contributed by atoms with Gasteiger partial charge in [-0.05, 0) is 50.0 Å². The Morgan fingerprint density at radius 1 is 0.286 bits per heavy atom. The van der Waals surface area contributed by atoms with Crippen molar-refractivity contribution in [3.63, 3.8) is 0 Å². The number of hydrogen-bond acceptors (Lipinski definition) is 4. The molecule has 0 heterocycles. The van der Waals surface area contributed by atoms with E-state index in [1.165, 1.54) is 339 Å². The van der Waals surface area contributed by atoms with E-state index in [0.29, 0.717) is 6.42 Å². The number of nitrogens with one attached hydrogen (secondary N) is 1. The second-order valence-corrected chi connectivity index (χ2v) is 23.5. The van der Waals surface area contributed by atoms with Crippen LogP contribution in [0.3, 0.4) is 0 Å². The van der Waals surface area contributed by atoms with Crippen molar-refractivity contribution in [1.82, 2.24) is 5.32 Å². The van der Waals surface area contributed by atoms with Gasteiger partial charge in [0.25, 0.3) is 0 Å². The molecular formula is C64H126NNaO3S. The van der Waals surface area contributed by atoms with Crippen LogP contribution in [0.1, 0.15) is 379 Å². The smallest absolute Gasteiger partial charge is 0.550 e. The molecule has 0 aliphatic heterocycles. The predicted molar refractivity (Wildman–Crippen MR) is 309 cm³/mol. The van der Waals surface area contributed by atoms with Gasteiger partial charge in [-0.1, -0.05) is 334 Å². The number of aliphatic carboxylic acids is 1. The topological polar surface area (TPSA) is 69.2 Å². The molecule has 0 fully saturated rings. The SMILES string of the molecule is CCCCCCCCCCCCSCCCCCCCCCCCCCCCCCCCCCCCCCCCCCCCCCCCCCCCCC(=O)NCCCCCCCCCCC(=O)[O-].[Na+]. The molecule has 0 atom stereocenters. The van der Waals surface area contributed by atoms with Gasteiger partial charge in [0.15, 0.2) is 0 Å². The van der Waals surface area contributed by atoms with Crippen molar-refractivity contribution in [1.29, 1.82) is 0 Å². The second-order valence-electron chi connectivity index (χ2n) is 22.3. The number of amides is 1. The van der Waals surface area contributed by atoms with Crippen molar-refractivity contribution in [2.45, 2.75) is 379 Å². The molecular weight excluding hydrogens is 886 g/mol. The first-order valence-electron chi connectivity index (χ1n) is 32.2. The van der Waals surface area contributed by atoms with E-state index in [4.69, 9.17) is 0 Å². The van der Waals surface area contributed by atoms with E-state index in [1.807, 2.05) is 0 Å². The monoisotopic (exact) mass is 1010 g/mol. The molecule has 0 unspecified atom stereocenters. The average Bonchev–Trinajstić information content (AvgIpc) is 3.34. The minimum atomic E-state index is -0.930. The first-order valence-corrected chi connectivity index (χ1v) is 33.4. The molecule has 0 spiro atoms. The van der Waals surface area contributed by atoms with Crippen molar-refractivity contribution in [3.8, 4) is 0 Å². The van der Waals surface area contributed by atoms with E-state index >= 15 is 0 Å². The van der Waals surface area contributed by atoms with Gasteiger partial charge in [0.2, 0.25) is 5.91 Å². The quantitative estimate of drug-likeness (QED) is 0.0487. The molecule has 1 amide bonds. The maximum atomic E-state index is 12.1. The Morgan fingerprint density at radius 2 is 0.486 bits per heavy atom. The predicted octanol–water partition coefficient (Wildman–Crippen LogP) is 18.2. The summed E-state index contributed by atoms with van der Waals surface area (Å²) in [4.78, 5) is 22.5. The van der Waals surface area contributed by atoms with Crippen LogP contribution in [0, 0.1) is 0 Å². The molecule has 0 aromatic rings. The molecule has 0 aliphatic carbocycles. The molecule has 0 saturated carbocycles. The van der Waals surface area contributed by atoms with Crippen LogP contribution >= 0.6 is 11.8 Å². The third-order valence-corrected chi connectivity index (χ3v) is 16.4. The van der Waals surface area contributed by atoms with Crippen LogP contribution in [0.5, 0.6) is 0 Å². The van der Waals surface area contributed by atoms with Crippen LogP contribution in [-0.2, 0) is 9.59 Å². The van der Waals surface area contributed by atoms with Gasteiger partial charge in [-0.15, -0.1) is 0 Å². The zero-order valence-corrected chi connectivity index (χ0v) is 51.1. The number of unbranched alkanes of at least 4 members (excludes halogenated alkanes) is 53. The molecule has 1 N–H and O–H groups in total. The fraction of sp³-hybridized carbons (Fsp3) is 0.969. The largest absolute Gasteiger partial charge is 1.00 e. The maximum absolute atomic E-state index is 12.1. The Balaban J connectivity index is 0. The van der Waals surface area contributed by atoms with Gasteiger partial charge in [0.1, 0.15) is 0 Å². The van der Waals surface area contributed by atoms with Crippen molar-refractivity contribution in [3.05, 3.63) is 0 Å². The van der Waals surface area contributed by atoms with Gasteiger partial charge >= 0.3 is 29.6 Å². The Labute approximate surface area is 467 Å². The van der Waals surface area contributed by atoms with Crippen LogP contribution in [-0.4, -0.2) is 29.9 Å². The van der Waals surface area contributed by atoms with Crippen LogP contribution in [0.15, 0.2) is 0 Å². The van der Waals surface area contributed by atoms with Crippen molar-refractivity contribution < 1.29 is 44.3 Å². The number of hydrogen-bond donors (Lipinski definition) is 1. The minimum absolute atomic E-state index is 0. The number of carboxylic acids is 1. The molecule has 412 valence electrons. The van der Waals surface area contributed by atoms with Gasteiger partial charge in [-0.25, -0.2) is 0 Å². The number of carbonyl (C=O) groups is 2. The van der Waals surface area contributed by atoms with Gasteiger partial charge in [-0.3, -0.25) is 4.79 Å². The van der Waals surface area contributed by atoms with E-state index in [0.717, 1.165) is 38.6 Å². The minimum Gasteiger partial charge on any atom is -0.550 e. The summed E-state index contributed by atoms with van der Waals surface area (Å²) >= 11 is 2.22. The normalized spacial score (nSPS) is 11.4. The van der Waals surface area contributed by atoms with Crippen LogP contribution in [0.2, 0.25) is 0 Å². The third-order valence-electron chi connectivity index (χ3n) is 15.2. The summed E-state index contributed by atoms with van der Waals surface area (Å²) in [5.74, 6) is 2.11. The van der Waals surface area contributed by atoms with Crippen molar-refractivity contribution >= 4 is 23.6 Å². The van der Waals surface area contributed by atoms with E-state index in [1.54, 1.807) is 0 Å². The first-order chi connectivity index (χ1) is 34.2. The van der Waals surface area contributed by atoms with Gasteiger partial charge < -0.3 is 15.2 Å². The Morgan fingerprint density at radius 3 is 0.729 bits per heavy atom. The van der Waals surface area contributed by atoms with Crippen LogP contribution < -0.4 is 40.0 Å². The molecule has 0 saturated heterocycles. The molecule has 4 nitrogen and oxygen atoms in total. The standard InChI is InChI=1S/C64H127NO3S.Na/c1-2-3-4-5-6-7-41-46-51-56-61-69-62-57-52-47-42-37-35-33-31-29-27-25-23-21-19-17-15-13-11-9-8-10-12-14-16-18-20-22-24-26-28-30-32-34-36-38-43-48-53-58-63(66)65-60-55-50-45-40-39-44-49-54-59-64(67)68;/h2-62H2,1H3,(H,65,66)(H,67,68);/q;+1/p-1. The van der Waals surface area contributed by atoms with Gasteiger partial charge in [0, 0.05) is 18.9 Å². The summed E-state index contributed by atoms with van der Waals surface area (Å²) in [6.45, 7) is 3.12. The second kappa shape index (κ2) is 67.3. The van der Waals surface area contributed by atoms with E-state index in [9.17, 15) is 14.7 Å². The van der Waals surface area contributed by atoms with Crippen LogP contribution in [0.25, 0.3) is 0 Å². The summed E-state index contributed by atoms with van der Waals surface area (Å²) < 4.78 is 0. The molecule has 0 aliphatic rings. The number of carboxylic acid groups (broad SMARTS) is 1. The Bertz CT molecular complexity index is 967. The van der Waals surface area contributed by atoms with Crippen molar-refractivity contribution in [2.75, 3.05) is 18.1 Å². The van der Waals surface area contributed by atoms with E-state index in [2.05, 4.69) is 24.0 Å². The first kappa shape index (κ1) is 72.4. The summed E-state index contributed by atoms with van der Waals surface area (Å²) in [6.07, 6.45) is 78.7. The summed E-state index contributed by atoms with van der Waals surface area (Å²) in [5.41, 5.74) is 0. The zero-order chi connectivity index (χ0) is 49.7. The van der Waals surface area contributed by atoms with Gasteiger partial charge in [0.05, 0.1) is 0 Å². The molecule has 0 rings (SSSR count). The summed E-state index contributed by atoms with van der Waals surface area (Å²) in [5, 5.41) is 13.5. The fourth-order valence-corrected chi connectivity index (χ4v) is 11.4. The molecule has 0 bridgehead atoms. The van der Waals surface area contributed by atoms with E-state index < -0.39 is 5.97 Å². The zero-order valence-electron chi connectivity index (χ0n) is 48.3. The molecule has 6 heteroatoms. The Kier molecular flexibility index (Phi) is 69.6. The van der Waals surface area contributed by atoms with Crippen LogP contribution in [0.4, 0.5) is 0 Å². The number of carbonyl (C=O) groups excluding carboxylic acids is 2. The molecule has 70 heavy (non-hydrogen) atoms. The van der Waals surface area contributed by atoms with E-state index in [-0.39, 0.29) is 41.9 Å². The van der Waals surface area contributed by atoms with Crippen molar-refractivity contribution in [2.24, 2.45) is 0 Å². The number of rotatable bonds is 63. The number of thioether (sulfide) groups is 1. The maximum Gasteiger partial charge on any atom is 1.00 e. The summed E-state index contributed by atoms with van der Waals surface area (Å²) in [6, 6.07) is 0. The molecule has 0 aromatic heterocycles. The molecule has 0 aromatic carbocycles. The Hall–Kier alpha value is 0.290. The average molecular weight is 1010 g/mol. The third kappa shape index (κ3) is 68.3. The summed E-state index contributed by atoms with van der Waals surface area (Å²) in [7, 11) is 0. The van der Waals surface area contributed by atoms with Gasteiger partial charge in [-0.2, -0.15) is 11.8 Å². The fourth-order valence-electron chi connectivity index (χ4n) is 10.4. The molecule has 0 radical (unpaired) electrons.